The van der Waals surface area contributed by atoms with Gasteiger partial charge in [-0.3, -0.25) is 13.7 Å². The fraction of sp³-hybridized carbons (Fsp3) is 0.0286. The molecule has 0 saturated heterocycles. The standard InChI is InChI=1S/C105H65N7O/c1-105(2)88-29-13-7-23-74(88)80-59-86-78-27-10-16-32-92(78)111(99(86)60-89(80)105)103-61-102(106-104(107-103)112-93-33-17-11-26-77(93)83-55-68(41-49-98(83)112)71-42-50-101-87(58-71)79-28-12-18-34-100(79)113-101)110-96-47-39-69(66-37-45-94-81(53-66)75-24-8-14-30-90(75)108(94)72-43-35-62-19-3-5-21-64(62)51-72)56-84(96)85-57-70(40-48-97(85)110)67-38-46-95-82(54-67)76-25-9-15-31-91(76)109(95)73-44-36-63-20-4-6-22-65(63)52-73/h3-61H,1-2H3. The van der Waals surface area contributed by atoms with Crippen LogP contribution < -0.4 is 0 Å². The summed E-state index contributed by atoms with van der Waals surface area (Å²) in [6.07, 6.45) is 0. The van der Waals surface area contributed by atoms with E-state index in [1.165, 1.54) is 81.8 Å². The normalized spacial score (nSPS) is 12.9. The van der Waals surface area contributed by atoms with Gasteiger partial charge in [0.15, 0.2) is 0 Å². The summed E-state index contributed by atoms with van der Waals surface area (Å²) < 4.78 is 18.3. The van der Waals surface area contributed by atoms with Gasteiger partial charge in [0.05, 0.1) is 55.2 Å². The molecule has 1 aliphatic carbocycles. The molecule has 0 bridgehead atoms. The first kappa shape index (κ1) is 62.1. The van der Waals surface area contributed by atoms with E-state index in [1.807, 2.05) is 12.1 Å². The van der Waals surface area contributed by atoms with Crippen LogP contribution in [-0.4, -0.2) is 32.8 Å². The van der Waals surface area contributed by atoms with Crippen molar-refractivity contribution in [3.63, 3.8) is 0 Å². The van der Waals surface area contributed by atoms with Crippen molar-refractivity contribution in [1.29, 1.82) is 0 Å². The second-order valence-corrected chi connectivity index (χ2v) is 31.2. The molecule has 17 aromatic carbocycles. The van der Waals surface area contributed by atoms with Gasteiger partial charge in [0.25, 0.3) is 0 Å². The quantitative estimate of drug-likeness (QED) is 0.152. The van der Waals surface area contributed by atoms with E-state index in [9.17, 15) is 0 Å². The Morgan fingerprint density at radius 1 is 0.221 bits per heavy atom. The minimum atomic E-state index is -0.255. The second kappa shape index (κ2) is 23.1. The van der Waals surface area contributed by atoms with Gasteiger partial charge in [0.1, 0.15) is 22.8 Å². The highest BCUT2D eigenvalue weighted by molar-refractivity contribution is 6.17. The maximum absolute atomic E-state index is 6.35. The second-order valence-electron chi connectivity index (χ2n) is 31.2. The van der Waals surface area contributed by atoms with Crippen LogP contribution in [0.4, 0.5) is 0 Å². The maximum Gasteiger partial charge on any atom is 0.238 e. The molecule has 25 rings (SSSR count). The van der Waals surface area contributed by atoms with Crippen LogP contribution in [-0.2, 0) is 5.41 Å². The first-order chi connectivity index (χ1) is 55.7. The molecule has 0 amide bonds. The molecular formula is C105H65N7O. The average molecular weight is 1440 g/mol. The van der Waals surface area contributed by atoms with Crippen molar-refractivity contribution in [2.45, 2.75) is 19.3 Å². The van der Waals surface area contributed by atoms with Crippen molar-refractivity contribution < 1.29 is 4.42 Å². The highest BCUT2D eigenvalue weighted by Gasteiger charge is 2.37. The molecule has 8 nitrogen and oxygen atoms in total. The number of nitrogens with zero attached hydrogens (tertiary/aromatic N) is 7. The fourth-order valence-electron chi connectivity index (χ4n) is 19.5. The minimum absolute atomic E-state index is 0.255. The summed E-state index contributed by atoms with van der Waals surface area (Å²) in [5.74, 6) is 2.04. The lowest BCUT2D eigenvalue weighted by atomic mass is 9.82. The molecule has 0 fully saturated rings. The van der Waals surface area contributed by atoms with Crippen LogP contribution in [0.25, 0.3) is 226 Å². The van der Waals surface area contributed by atoms with Crippen LogP contribution in [0.3, 0.4) is 0 Å². The number of fused-ring (bicyclic) bond motifs is 23. The van der Waals surface area contributed by atoms with Crippen molar-refractivity contribution >= 4 is 153 Å². The summed E-state index contributed by atoms with van der Waals surface area (Å²) in [6.45, 7) is 4.74. The third-order valence-electron chi connectivity index (χ3n) is 24.9. The third kappa shape index (κ3) is 8.97. The first-order valence-corrected chi connectivity index (χ1v) is 38.9. The van der Waals surface area contributed by atoms with Gasteiger partial charge in [-0.15, -0.1) is 0 Å². The molecule has 1 aliphatic rings. The van der Waals surface area contributed by atoms with Gasteiger partial charge in [-0.1, -0.05) is 226 Å². The number of hydrogen-bond donors (Lipinski definition) is 0. The Bertz CT molecular complexity index is 8060. The third-order valence-corrected chi connectivity index (χ3v) is 24.9. The zero-order chi connectivity index (χ0) is 74.1. The van der Waals surface area contributed by atoms with E-state index in [2.05, 4.69) is 382 Å². The molecule has 113 heavy (non-hydrogen) atoms. The Hall–Kier alpha value is -14.9. The van der Waals surface area contributed by atoms with E-state index in [-0.39, 0.29) is 5.41 Å². The van der Waals surface area contributed by atoms with Gasteiger partial charge in [-0.05, 0) is 217 Å². The molecule has 0 spiro atoms. The summed E-state index contributed by atoms with van der Waals surface area (Å²) in [7, 11) is 0. The Balaban J connectivity index is 0.735. The number of para-hydroxylation sites is 5. The molecule has 0 radical (unpaired) electrons. The topological polar surface area (TPSA) is 63.6 Å². The van der Waals surface area contributed by atoms with E-state index in [0.717, 1.165) is 149 Å². The predicted molar refractivity (Wildman–Crippen MR) is 470 cm³/mol. The largest absolute Gasteiger partial charge is 0.456 e. The number of hydrogen-bond acceptors (Lipinski definition) is 3. The fourth-order valence-corrected chi connectivity index (χ4v) is 19.5. The highest BCUT2D eigenvalue weighted by atomic mass is 16.3. The molecular weight excluding hydrogens is 1380 g/mol. The van der Waals surface area contributed by atoms with Gasteiger partial charge in [0, 0.05) is 87.5 Å². The molecule has 7 aromatic heterocycles. The lowest BCUT2D eigenvalue weighted by Gasteiger charge is -2.21. The number of furan rings is 1. The lowest BCUT2D eigenvalue weighted by Crippen LogP contribution is -2.15. The van der Waals surface area contributed by atoms with Crippen molar-refractivity contribution in [3.05, 3.63) is 369 Å². The number of benzene rings is 17. The monoisotopic (exact) mass is 1440 g/mol. The van der Waals surface area contributed by atoms with Crippen molar-refractivity contribution in [3.8, 4) is 73.5 Å². The van der Waals surface area contributed by atoms with Gasteiger partial charge < -0.3 is 13.6 Å². The predicted octanol–water partition coefficient (Wildman–Crippen LogP) is 27.5. The highest BCUT2D eigenvalue weighted by Crippen LogP contribution is 2.52. The Morgan fingerprint density at radius 3 is 1.09 bits per heavy atom. The smallest absolute Gasteiger partial charge is 0.238 e. The summed E-state index contributed by atoms with van der Waals surface area (Å²) in [6, 6.07) is 132. The van der Waals surface area contributed by atoms with Crippen LogP contribution >= 0.6 is 0 Å². The Kier molecular flexibility index (Phi) is 12.7. The molecule has 24 aromatic rings. The Labute approximate surface area is 647 Å². The van der Waals surface area contributed by atoms with Crippen molar-refractivity contribution in [1.82, 2.24) is 32.8 Å². The maximum atomic E-state index is 6.35. The molecule has 526 valence electrons. The van der Waals surface area contributed by atoms with E-state index in [4.69, 9.17) is 14.4 Å². The van der Waals surface area contributed by atoms with Crippen LogP contribution in [0.15, 0.2) is 362 Å². The summed E-state index contributed by atoms with van der Waals surface area (Å²) in [5, 5.41) is 18.6. The van der Waals surface area contributed by atoms with Crippen LogP contribution in [0.1, 0.15) is 25.0 Å². The molecule has 0 unspecified atom stereocenters. The van der Waals surface area contributed by atoms with Crippen LogP contribution in [0.2, 0.25) is 0 Å². The molecule has 0 aliphatic heterocycles. The molecule has 0 saturated carbocycles. The first-order valence-electron chi connectivity index (χ1n) is 38.9. The lowest BCUT2D eigenvalue weighted by molar-refractivity contribution is 0.661. The van der Waals surface area contributed by atoms with Gasteiger partial charge in [0.2, 0.25) is 5.95 Å². The van der Waals surface area contributed by atoms with Gasteiger partial charge in [-0.25, -0.2) is 0 Å². The van der Waals surface area contributed by atoms with E-state index >= 15 is 0 Å². The average Bonchev–Trinajstić information content (AvgIpc) is 1.55. The number of rotatable bonds is 8. The zero-order valence-electron chi connectivity index (χ0n) is 61.6. The van der Waals surface area contributed by atoms with Crippen molar-refractivity contribution in [2.24, 2.45) is 0 Å². The summed E-state index contributed by atoms with van der Waals surface area (Å²) in [5.41, 5.74) is 26.5. The SMILES string of the molecule is CC1(C)c2ccccc2-c2cc3c4ccccc4n(-c4cc(-n5c6ccc(-c7ccc8c(c7)c7ccccc7n8-c7ccc8ccccc8c7)cc6c6cc(-c7ccc8c(c7)c7ccccc7n8-c7ccc8ccccc8c7)ccc65)nc(-n5c6ccccc6c6cc(-c7ccc8oc9ccccc9c8c7)ccc65)n4)c3cc21. The van der Waals surface area contributed by atoms with Crippen LogP contribution in [0, 0.1) is 0 Å². The van der Waals surface area contributed by atoms with Crippen LogP contribution in [0.5, 0.6) is 0 Å². The van der Waals surface area contributed by atoms with E-state index in [1.54, 1.807) is 0 Å². The van der Waals surface area contributed by atoms with E-state index in [0.29, 0.717) is 5.95 Å². The zero-order valence-corrected chi connectivity index (χ0v) is 61.6. The molecule has 0 N–H and O–H groups in total. The molecule has 0 atom stereocenters. The summed E-state index contributed by atoms with van der Waals surface area (Å²) >= 11 is 0. The van der Waals surface area contributed by atoms with Gasteiger partial charge in [-0.2, -0.15) is 9.97 Å². The minimum Gasteiger partial charge on any atom is -0.456 e. The van der Waals surface area contributed by atoms with Gasteiger partial charge >= 0.3 is 0 Å². The summed E-state index contributed by atoms with van der Waals surface area (Å²) in [4.78, 5) is 11.9. The molecule has 8 heteroatoms. The number of aromatic nitrogens is 7. The Morgan fingerprint density at radius 2 is 0.575 bits per heavy atom. The van der Waals surface area contributed by atoms with E-state index < -0.39 is 0 Å². The van der Waals surface area contributed by atoms with Crippen molar-refractivity contribution in [2.75, 3.05) is 0 Å². The molecule has 7 heterocycles.